The van der Waals surface area contributed by atoms with E-state index in [0.717, 1.165) is 18.8 Å². The van der Waals surface area contributed by atoms with Crippen molar-refractivity contribution in [1.82, 2.24) is 5.32 Å². The number of fused-ring (bicyclic) bond motifs is 1. The van der Waals surface area contributed by atoms with Crippen LogP contribution in [-0.4, -0.2) is 31.8 Å². The minimum absolute atomic E-state index is 0.110. The van der Waals surface area contributed by atoms with E-state index in [-0.39, 0.29) is 17.6 Å². The van der Waals surface area contributed by atoms with Crippen molar-refractivity contribution in [3.05, 3.63) is 41.5 Å². The standard InChI is InChI=1S/C15H16N2O2/c1-10-8-19-14(18)17(10)13-4-2-11(3-5-13)15-6-12(15)7-16-9-15/h2-6,10,16H,7-9H2,1H3. The molecule has 3 aliphatic rings. The minimum atomic E-state index is -0.244. The van der Waals surface area contributed by atoms with E-state index in [9.17, 15) is 4.79 Å². The van der Waals surface area contributed by atoms with E-state index in [2.05, 4.69) is 23.5 Å². The zero-order valence-corrected chi connectivity index (χ0v) is 10.8. The third-order valence-corrected chi connectivity index (χ3v) is 4.38. The molecule has 1 aromatic rings. The van der Waals surface area contributed by atoms with Gasteiger partial charge in [0, 0.05) is 24.2 Å². The summed E-state index contributed by atoms with van der Waals surface area (Å²) in [6.45, 7) is 4.49. The molecule has 2 unspecified atom stereocenters. The van der Waals surface area contributed by atoms with Crippen molar-refractivity contribution in [2.75, 3.05) is 24.6 Å². The predicted octanol–water partition coefficient (Wildman–Crippen LogP) is 1.81. The second-order valence-electron chi connectivity index (χ2n) is 5.59. The van der Waals surface area contributed by atoms with Crippen LogP contribution in [0.1, 0.15) is 12.5 Å². The van der Waals surface area contributed by atoms with Crippen molar-refractivity contribution in [1.29, 1.82) is 0 Å². The van der Waals surface area contributed by atoms with E-state index in [0.29, 0.717) is 6.61 Å². The average Bonchev–Trinajstić information content (AvgIpc) is 2.81. The van der Waals surface area contributed by atoms with E-state index in [1.54, 1.807) is 4.90 Å². The van der Waals surface area contributed by atoms with Gasteiger partial charge >= 0.3 is 6.09 Å². The molecular formula is C15H16N2O2. The summed E-state index contributed by atoms with van der Waals surface area (Å²) in [6, 6.07) is 8.41. The molecule has 0 bridgehead atoms. The molecule has 4 heteroatoms. The molecule has 98 valence electrons. The Bertz CT molecular complexity index is 578. The number of anilines is 1. The third kappa shape index (κ3) is 1.46. The molecule has 0 aromatic heterocycles. The van der Waals surface area contributed by atoms with Gasteiger partial charge in [0.05, 0.1) is 6.04 Å². The Hall–Kier alpha value is -1.81. The summed E-state index contributed by atoms with van der Waals surface area (Å²) in [6.07, 6.45) is 2.09. The van der Waals surface area contributed by atoms with Crippen molar-refractivity contribution in [2.45, 2.75) is 18.4 Å². The Labute approximate surface area is 112 Å². The minimum Gasteiger partial charge on any atom is -0.447 e. The van der Waals surface area contributed by atoms with E-state index < -0.39 is 0 Å². The average molecular weight is 256 g/mol. The van der Waals surface area contributed by atoms with Crippen LogP contribution in [-0.2, 0) is 10.2 Å². The van der Waals surface area contributed by atoms with Crippen LogP contribution in [0.25, 0.3) is 0 Å². The van der Waals surface area contributed by atoms with Crippen molar-refractivity contribution < 1.29 is 9.53 Å². The molecule has 4 nitrogen and oxygen atoms in total. The second-order valence-corrected chi connectivity index (χ2v) is 5.59. The normalized spacial score (nSPS) is 32.1. The van der Waals surface area contributed by atoms with Crippen LogP contribution < -0.4 is 10.2 Å². The quantitative estimate of drug-likeness (QED) is 0.821. The molecule has 1 N–H and O–H groups in total. The molecule has 19 heavy (non-hydrogen) atoms. The highest BCUT2D eigenvalue weighted by atomic mass is 16.6. The number of cyclic esters (lactones) is 1. The summed E-state index contributed by atoms with van der Waals surface area (Å²) >= 11 is 0. The van der Waals surface area contributed by atoms with Gasteiger partial charge in [-0.05, 0) is 30.2 Å². The van der Waals surface area contributed by atoms with Crippen LogP contribution in [0.4, 0.5) is 10.5 Å². The van der Waals surface area contributed by atoms with Gasteiger partial charge in [0.2, 0.25) is 0 Å². The lowest BCUT2D eigenvalue weighted by Gasteiger charge is -2.20. The van der Waals surface area contributed by atoms with Gasteiger partial charge in [-0.3, -0.25) is 4.90 Å². The smallest absolute Gasteiger partial charge is 0.414 e. The van der Waals surface area contributed by atoms with Gasteiger partial charge in [-0.15, -0.1) is 0 Å². The highest BCUT2D eigenvalue weighted by molar-refractivity contribution is 5.90. The molecule has 2 fully saturated rings. The molecule has 2 saturated heterocycles. The SMILES string of the molecule is CC1COC(=O)N1c1ccc(C23C=C2CNC3)cc1. The van der Waals surface area contributed by atoms with Crippen LogP contribution >= 0.6 is 0 Å². The Morgan fingerprint density at radius 3 is 2.68 bits per heavy atom. The maximum Gasteiger partial charge on any atom is 0.414 e. The van der Waals surface area contributed by atoms with E-state index in [4.69, 9.17) is 4.74 Å². The molecule has 2 aliphatic heterocycles. The highest BCUT2D eigenvalue weighted by Crippen LogP contribution is 2.49. The highest BCUT2D eigenvalue weighted by Gasteiger charge is 2.48. The first-order chi connectivity index (χ1) is 9.21. The molecule has 2 atom stereocenters. The lowest BCUT2D eigenvalue weighted by molar-refractivity contribution is 0.179. The number of ether oxygens (including phenoxy) is 1. The number of nitrogens with zero attached hydrogens (tertiary/aromatic N) is 1. The van der Waals surface area contributed by atoms with Crippen LogP contribution in [0.2, 0.25) is 0 Å². The predicted molar refractivity (Wildman–Crippen MR) is 72.4 cm³/mol. The van der Waals surface area contributed by atoms with Gasteiger partial charge in [-0.25, -0.2) is 4.79 Å². The molecule has 1 aromatic carbocycles. The maximum absolute atomic E-state index is 11.7. The first-order valence-corrected chi connectivity index (χ1v) is 6.70. The van der Waals surface area contributed by atoms with Crippen molar-refractivity contribution >= 4 is 11.8 Å². The summed E-state index contributed by atoms with van der Waals surface area (Å²) in [4.78, 5) is 13.4. The second kappa shape index (κ2) is 3.61. The zero-order chi connectivity index (χ0) is 13.0. The van der Waals surface area contributed by atoms with Crippen molar-refractivity contribution in [3.63, 3.8) is 0 Å². The summed E-state index contributed by atoms with van der Waals surface area (Å²) in [5.74, 6) is 0. The number of carbonyl (C=O) groups is 1. The largest absolute Gasteiger partial charge is 0.447 e. The maximum atomic E-state index is 11.7. The third-order valence-electron chi connectivity index (χ3n) is 4.38. The number of carbonyl (C=O) groups excluding carboxylic acids is 1. The van der Waals surface area contributed by atoms with Gasteiger partial charge in [0.25, 0.3) is 0 Å². The Kier molecular flexibility index (Phi) is 2.10. The fraction of sp³-hybridized carbons (Fsp3) is 0.400. The van der Waals surface area contributed by atoms with Gasteiger partial charge in [-0.2, -0.15) is 0 Å². The topological polar surface area (TPSA) is 41.6 Å². The first-order valence-electron chi connectivity index (χ1n) is 6.70. The zero-order valence-electron chi connectivity index (χ0n) is 10.8. The van der Waals surface area contributed by atoms with Gasteiger partial charge in [0.1, 0.15) is 6.61 Å². The monoisotopic (exact) mass is 256 g/mol. The van der Waals surface area contributed by atoms with E-state index in [1.807, 2.05) is 19.1 Å². The lowest BCUT2D eigenvalue weighted by atomic mass is 9.92. The fourth-order valence-corrected chi connectivity index (χ4v) is 3.20. The van der Waals surface area contributed by atoms with Crippen LogP contribution in [0, 0.1) is 0 Å². The number of hydrogen-bond donors (Lipinski definition) is 1. The molecule has 0 saturated carbocycles. The van der Waals surface area contributed by atoms with Crippen LogP contribution in [0.3, 0.4) is 0 Å². The number of amides is 1. The molecule has 0 radical (unpaired) electrons. The lowest BCUT2D eigenvalue weighted by Crippen LogP contribution is -2.30. The summed E-state index contributed by atoms with van der Waals surface area (Å²) in [5.41, 5.74) is 3.91. The van der Waals surface area contributed by atoms with Crippen molar-refractivity contribution in [3.8, 4) is 0 Å². The number of nitrogens with one attached hydrogen (secondary N) is 1. The Balaban J connectivity index is 1.61. The number of hydrogen-bond acceptors (Lipinski definition) is 3. The van der Waals surface area contributed by atoms with E-state index >= 15 is 0 Å². The molecule has 4 rings (SSSR count). The van der Waals surface area contributed by atoms with Gasteiger partial charge in [0.15, 0.2) is 0 Å². The number of benzene rings is 1. The summed E-state index contributed by atoms with van der Waals surface area (Å²) in [5, 5.41) is 3.39. The summed E-state index contributed by atoms with van der Waals surface area (Å²) < 4.78 is 5.06. The van der Waals surface area contributed by atoms with E-state index in [1.165, 1.54) is 11.1 Å². The Morgan fingerprint density at radius 2 is 2.16 bits per heavy atom. The number of rotatable bonds is 2. The van der Waals surface area contributed by atoms with Gasteiger partial charge in [-0.1, -0.05) is 18.2 Å². The summed E-state index contributed by atoms with van der Waals surface area (Å²) in [7, 11) is 0. The van der Waals surface area contributed by atoms with Crippen LogP contribution in [0.15, 0.2) is 35.9 Å². The molecule has 2 heterocycles. The molecule has 1 aliphatic carbocycles. The van der Waals surface area contributed by atoms with Crippen molar-refractivity contribution in [2.24, 2.45) is 0 Å². The molecular weight excluding hydrogens is 240 g/mol. The van der Waals surface area contributed by atoms with Crippen LogP contribution in [0.5, 0.6) is 0 Å². The van der Waals surface area contributed by atoms with Gasteiger partial charge < -0.3 is 10.1 Å². The Morgan fingerprint density at radius 1 is 1.37 bits per heavy atom. The first kappa shape index (κ1) is 11.1. The molecule has 1 amide bonds. The fourth-order valence-electron chi connectivity index (χ4n) is 3.20. The molecule has 0 spiro atoms.